The second kappa shape index (κ2) is 6.36. The van der Waals surface area contributed by atoms with Gasteiger partial charge in [-0.2, -0.15) is 0 Å². The Kier molecular flexibility index (Phi) is 4.29. The predicted octanol–water partition coefficient (Wildman–Crippen LogP) is 2.96. The highest BCUT2D eigenvalue weighted by Crippen LogP contribution is 2.31. The summed E-state index contributed by atoms with van der Waals surface area (Å²) in [4.78, 5) is 18.0. The summed E-state index contributed by atoms with van der Waals surface area (Å²) in [5.41, 5.74) is 1.18. The molecule has 0 spiro atoms. The van der Waals surface area contributed by atoms with Crippen LogP contribution in [0.15, 0.2) is 41.0 Å². The van der Waals surface area contributed by atoms with E-state index in [1.165, 1.54) is 5.56 Å². The Labute approximate surface area is 137 Å². The van der Waals surface area contributed by atoms with Gasteiger partial charge < -0.3 is 9.47 Å². The topological polar surface area (TPSA) is 51.7 Å². The molecular formula is C16H15BrN2O3. The van der Waals surface area contributed by atoms with E-state index < -0.39 is 0 Å². The summed E-state index contributed by atoms with van der Waals surface area (Å²) in [5, 5.41) is 0. The number of nitrogens with zero attached hydrogens (tertiary/aromatic N) is 2. The smallest absolute Gasteiger partial charge is 0.266 e. The summed E-state index contributed by atoms with van der Waals surface area (Å²) >= 11 is 3.31. The Bertz CT molecular complexity index is 688. The summed E-state index contributed by atoms with van der Waals surface area (Å²) in [5.74, 6) is 1.80. The van der Waals surface area contributed by atoms with Gasteiger partial charge in [0.2, 0.25) is 0 Å². The maximum Gasteiger partial charge on any atom is 0.266 e. The van der Waals surface area contributed by atoms with E-state index >= 15 is 0 Å². The number of hydrogen-bond donors (Lipinski definition) is 0. The summed E-state index contributed by atoms with van der Waals surface area (Å²) in [6.07, 6.45) is 0. The van der Waals surface area contributed by atoms with Crippen LogP contribution in [0.4, 0.5) is 5.82 Å². The Morgan fingerprint density at radius 3 is 2.82 bits per heavy atom. The lowest BCUT2D eigenvalue weighted by atomic mass is 10.2. The van der Waals surface area contributed by atoms with Crippen LogP contribution in [0.1, 0.15) is 5.56 Å². The molecule has 1 aromatic carbocycles. The highest BCUT2D eigenvalue weighted by atomic mass is 79.9. The highest BCUT2D eigenvalue weighted by molar-refractivity contribution is 9.10. The Balaban J connectivity index is 1.68. The molecule has 5 nitrogen and oxygen atoms in total. The first kappa shape index (κ1) is 14.8. The van der Waals surface area contributed by atoms with Gasteiger partial charge in [-0.15, -0.1) is 0 Å². The van der Waals surface area contributed by atoms with Crippen LogP contribution >= 0.6 is 15.9 Å². The van der Waals surface area contributed by atoms with Crippen LogP contribution in [0.5, 0.6) is 11.5 Å². The van der Waals surface area contributed by atoms with E-state index in [4.69, 9.17) is 9.47 Å². The molecule has 0 aliphatic carbocycles. The van der Waals surface area contributed by atoms with Crippen molar-refractivity contribution < 1.29 is 14.3 Å². The number of pyridine rings is 1. The number of benzene rings is 1. The van der Waals surface area contributed by atoms with Crippen molar-refractivity contribution in [2.24, 2.45) is 0 Å². The van der Waals surface area contributed by atoms with Gasteiger partial charge in [0.05, 0.1) is 6.54 Å². The monoisotopic (exact) mass is 362 g/mol. The van der Waals surface area contributed by atoms with Gasteiger partial charge in [-0.25, -0.2) is 4.98 Å². The van der Waals surface area contributed by atoms with Gasteiger partial charge in [0.1, 0.15) is 17.0 Å². The fourth-order valence-electron chi connectivity index (χ4n) is 2.17. The molecule has 0 atom stereocenters. The van der Waals surface area contributed by atoms with E-state index in [0.717, 1.165) is 5.75 Å². The number of hydrogen-bond acceptors (Lipinski definition) is 4. The molecule has 22 heavy (non-hydrogen) atoms. The molecule has 3 rings (SSSR count). The molecule has 0 unspecified atom stereocenters. The zero-order chi connectivity index (χ0) is 15.5. The van der Waals surface area contributed by atoms with Crippen LogP contribution in [0, 0.1) is 6.92 Å². The standard InChI is InChI=1S/C16H15BrN2O3/c1-11-2-4-12(5-3-11)21-9-8-19-15(20)10-22-13-6-7-14(17)18-16(13)19/h2-7H,8-10H2,1H3. The van der Waals surface area contributed by atoms with E-state index in [0.29, 0.717) is 29.3 Å². The lowest BCUT2D eigenvalue weighted by molar-refractivity contribution is -0.121. The maximum atomic E-state index is 12.0. The van der Waals surface area contributed by atoms with E-state index in [1.807, 2.05) is 31.2 Å². The molecule has 114 valence electrons. The molecule has 0 radical (unpaired) electrons. The molecule has 1 aromatic heterocycles. The minimum absolute atomic E-state index is 0.0286. The largest absolute Gasteiger partial charge is 0.492 e. The Morgan fingerprint density at radius 2 is 2.05 bits per heavy atom. The van der Waals surface area contributed by atoms with Crippen molar-refractivity contribution in [2.45, 2.75) is 6.92 Å². The molecule has 1 amide bonds. The fourth-order valence-corrected chi connectivity index (χ4v) is 2.47. The molecular weight excluding hydrogens is 348 g/mol. The van der Waals surface area contributed by atoms with Gasteiger partial charge in [0.25, 0.3) is 5.91 Å². The van der Waals surface area contributed by atoms with Crippen molar-refractivity contribution in [1.29, 1.82) is 0 Å². The molecule has 6 heteroatoms. The second-order valence-electron chi connectivity index (χ2n) is 4.95. The van der Waals surface area contributed by atoms with E-state index in [2.05, 4.69) is 20.9 Å². The van der Waals surface area contributed by atoms with Gasteiger partial charge in [-0.05, 0) is 47.1 Å². The fraction of sp³-hybridized carbons (Fsp3) is 0.250. The van der Waals surface area contributed by atoms with Gasteiger partial charge in [0, 0.05) is 0 Å². The molecule has 0 bridgehead atoms. The number of aryl methyl sites for hydroxylation is 1. The Morgan fingerprint density at radius 1 is 1.27 bits per heavy atom. The van der Waals surface area contributed by atoms with Crippen molar-refractivity contribution in [3.8, 4) is 11.5 Å². The molecule has 0 saturated carbocycles. The third-order valence-corrected chi connectivity index (χ3v) is 3.76. The molecule has 1 aliphatic rings. The minimum Gasteiger partial charge on any atom is -0.492 e. The average Bonchev–Trinajstić information content (AvgIpc) is 2.51. The SMILES string of the molecule is Cc1ccc(OCCN2C(=O)COc3ccc(Br)nc32)cc1. The number of aromatic nitrogens is 1. The average molecular weight is 363 g/mol. The number of carbonyl (C=O) groups excluding carboxylic acids is 1. The van der Waals surface area contributed by atoms with E-state index in [-0.39, 0.29) is 12.5 Å². The first-order chi connectivity index (χ1) is 10.6. The summed E-state index contributed by atoms with van der Waals surface area (Å²) in [7, 11) is 0. The van der Waals surface area contributed by atoms with Crippen molar-refractivity contribution in [3.05, 3.63) is 46.6 Å². The van der Waals surface area contributed by atoms with Crippen molar-refractivity contribution in [2.75, 3.05) is 24.7 Å². The number of ether oxygens (including phenoxy) is 2. The van der Waals surface area contributed by atoms with Gasteiger partial charge in [0.15, 0.2) is 18.2 Å². The van der Waals surface area contributed by atoms with Gasteiger partial charge >= 0.3 is 0 Å². The van der Waals surface area contributed by atoms with Crippen molar-refractivity contribution in [3.63, 3.8) is 0 Å². The number of halogens is 1. The number of carbonyl (C=O) groups is 1. The van der Waals surface area contributed by atoms with Gasteiger partial charge in [-0.1, -0.05) is 17.7 Å². The summed E-state index contributed by atoms with van der Waals surface area (Å²) in [6.45, 7) is 2.87. The zero-order valence-electron chi connectivity index (χ0n) is 12.1. The normalized spacial score (nSPS) is 13.5. The first-order valence-corrected chi connectivity index (χ1v) is 7.72. The third-order valence-electron chi connectivity index (χ3n) is 3.32. The van der Waals surface area contributed by atoms with Crippen LogP contribution in [-0.4, -0.2) is 30.6 Å². The number of fused-ring (bicyclic) bond motifs is 1. The second-order valence-corrected chi connectivity index (χ2v) is 5.76. The van der Waals surface area contributed by atoms with Crippen LogP contribution < -0.4 is 14.4 Å². The van der Waals surface area contributed by atoms with E-state index in [1.54, 1.807) is 17.0 Å². The molecule has 0 fully saturated rings. The van der Waals surface area contributed by atoms with Crippen LogP contribution in [-0.2, 0) is 4.79 Å². The van der Waals surface area contributed by atoms with Crippen molar-refractivity contribution >= 4 is 27.7 Å². The number of amides is 1. The molecule has 0 N–H and O–H groups in total. The predicted molar refractivity (Wildman–Crippen MR) is 86.5 cm³/mol. The maximum absolute atomic E-state index is 12.0. The lowest BCUT2D eigenvalue weighted by Gasteiger charge is -2.28. The van der Waals surface area contributed by atoms with Crippen molar-refractivity contribution in [1.82, 2.24) is 4.98 Å². The van der Waals surface area contributed by atoms with Crippen LogP contribution in [0.25, 0.3) is 0 Å². The van der Waals surface area contributed by atoms with Crippen LogP contribution in [0.3, 0.4) is 0 Å². The Hall–Kier alpha value is -2.08. The zero-order valence-corrected chi connectivity index (χ0v) is 13.7. The molecule has 2 aromatic rings. The lowest BCUT2D eigenvalue weighted by Crippen LogP contribution is -2.41. The number of anilines is 1. The molecule has 0 saturated heterocycles. The van der Waals surface area contributed by atoms with E-state index in [9.17, 15) is 4.79 Å². The summed E-state index contributed by atoms with van der Waals surface area (Å²) in [6, 6.07) is 11.4. The molecule has 1 aliphatic heterocycles. The van der Waals surface area contributed by atoms with Crippen LogP contribution in [0.2, 0.25) is 0 Å². The highest BCUT2D eigenvalue weighted by Gasteiger charge is 2.26. The third kappa shape index (κ3) is 3.22. The molecule has 2 heterocycles. The minimum atomic E-state index is -0.120. The quantitative estimate of drug-likeness (QED) is 0.784. The number of rotatable bonds is 4. The van der Waals surface area contributed by atoms with Gasteiger partial charge in [-0.3, -0.25) is 9.69 Å². The summed E-state index contributed by atoms with van der Waals surface area (Å²) < 4.78 is 11.7. The first-order valence-electron chi connectivity index (χ1n) is 6.92.